The Kier molecular flexibility index (Phi) is 5.71. The van der Waals surface area contributed by atoms with Gasteiger partial charge in [0.15, 0.2) is 11.0 Å². The van der Waals surface area contributed by atoms with Gasteiger partial charge in [0.2, 0.25) is 6.04 Å². The Hall–Kier alpha value is -0.820. The number of hydrogen-bond donors (Lipinski definition) is 0. The molecule has 2 rings (SSSR count). The minimum atomic E-state index is -4.22. The van der Waals surface area contributed by atoms with Gasteiger partial charge in [-0.2, -0.15) is 13.2 Å². The van der Waals surface area contributed by atoms with E-state index in [-0.39, 0.29) is 17.6 Å². The van der Waals surface area contributed by atoms with Crippen LogP contribution in [0.5, 0.6) is 0 Å². The van der Waals surface area contributed by atoms with E-state index >= 15 is 0 Å². The van der Waals surface area contributed by atoms with E-state index in [0.29, 0.717) is 41.1 Å². The normalized spacial score (nSPS) is 16.6. The Labute approximate surface area is 145 Å². The number of aryl methyl sites for hydroxylation is 1. The fourth-order valence-corrected chi connectivity index (χ4v) is 3.27. The molecule has 1 saturated heterocycles. The van der Waals surface area contributed by atoms with Crippen molar-refractivity contribution >= 4 is 40.0 Å². The Morgan fingerprint density at radius 1 is 1.32 bits per heavy atom. The molecule has 1 aliphatic rings. The molecule has 0 atom stereocenters. The Balaban J connectivity index is 2.16. The van der Waals surface area contributed by atoms with Crippen LogP contribution >= 0.6 is 34.2 Å². The van der Waals surface area contributed by atoms with Crippen LogP contribution in [0, 0.1) is 10.3 Å². The molecule has 22 heavy (non-hydrogen) atoms. The van der Waals surface area contributed by atoms with Crippen molar-refractivity contribution in [2.45, 2.75) is 37.9 Å². The molecule has 9 heteroatoms. The molecule has 0 aliphatic carbocycles. The highest BCUT2D eigenvalue weighted by Crippen LogP contribution is 2.29. The van der Waals surface area contributed by atoms with Crippen molar-refractivity contribution in [1.29, 1.82) is 0 Å². The summed E-state index contributed by atoms with van der Waals surface area (Å²) in [5.41, 5.74) is 0.310. The van der Waals surface area contributed by atoms with E-state index in [4.69, 9.17) is 18.2 Å². The van der Waals surface area contributed by atoms with E-state index in [1.807, 2.05) is 27.5 Å². The van der Waals surface area contributed by atoms with Crippen LogP contribution in [0.3, 0.4) is 0 Å². The second-order valence-corrected chi connectivity index (χ2v) is 6.42. The van der Waals surface area contributed by atoms with Gasteiger partial charge in [0, 0.05) is 38.8 Å². The average molecular weight is 445 g/mol. The number of anilines is 1. The van der Waals surface area contributed by atoms with E-state index in [0.717, 1.165) is 0 Å². The van der Waals surface area contributed by atoms with E-state index in [1.165, 1.54) is 0 Å². The molecule has 1 aromatic heterocycles. The molecule has 0 unspecified atom stereocenters. The molecule has 0 amide bonds. The maximum Gasteiger partial charge on any atom is 0.389 e. The minimum Gasteiger partial charge on any atom is -0.353 e. The number of rotatable bonds is 3. The highest BCUT2D eigenvalue weighted by molar-refractivity contribution is 14.1. The van der Waals surface area contributed by atoms with Crippen molar-refractivity contribution < 1.29 is 13.2 Å². The first-order chi connectivity index (χ1) is 10.3. The second kappa shape index (κ2) is 7.17. The lowest BCUT2D eigenvalue weighted by Crippen LogP contribution is -2.36. The smallest absolute Gasteiger partial charge is 0.353 e. The first-order valence-corrected chi connectivity index (χ1v) is 8.16. The Morgan fingerprint density at radius 3 is 2.50 bits per heavy atom. The zero-order valence-electron chi connectivity index (χ0n) is 11.5. The summed E-state index contributed by atoms with van der Waals surface area (Å²) in [6.45, 7) is 8.25. The number of hydrogen-bond acceptors (Lipinski definition) is 3. The largest absolute Gasteiger partial charge is 0.389 e. The van der Waals surface area contributed by atoms with Gasteiger partial charge in [-0.15, -0.1) is 0 Å². The molecule has 0 radical (unpaired) electrons. The number of alkyl halides is 3. The topological polar surface area (TPSA) is 33.4 Å². The first-order valence-electron chi connectivity index (χ1n) is 6.70. The van der Waals surface area contributed by atoms with E-state index < -0.39 is 12.6 Å². The highest BCUT2D eigenvalue weighted by atomic mass is 127. The summed E-state index contributed by atoms with van der Waals surface area (Å²) in [4.78, 5) is 13.8. The maximum atomic E-state index is 12.4. The zero-order valence-corrected chi connectivity index (χ0v) is 14.4. The van der Waals surface area contributed by atoms with Crippen LogP contribution in [0.15, 0.2) is 0 Å². The third-order valence-corrected chi connectivity index (χ3v) is 4.57. The zero-order chi connectivity index (χ0) is 16.3. The number of nitrogens with zero attached hydrogens (tertiary/aromatic N) is 4. The number of piperidine rings is 1. The molecule has 1 fully saturated rings. The first kappa shape index (κ1) is 17.5. The standard InChI is InChI=1S/C13H13ClF3IN4/c1-19-8-3-6-22(7-4-8)12-10(14)21-11(18)9(20-12)2-5-13(15,16)17/h8H,2-7H2. The lowest BCUT2D eigenvalue weighted by atomic mass is 10.1. The molecule has 2 heterocycles. The van der Waals surface area contributed by atoms with Crippen LogP contribution in [0.25, 0.3) is 4.85 Å². The van der Waals surface area contributed by atoms with Crippen LogP contribution in [0.1, 0.15) is 25.0 Å². The third-order valence-electron chi connectivity index (χ3n) is 3.45. The summed E-state index contributed by atoms with van der Waals surface area (Å²) in [5.74, 6) is 0.419. The molecule has 0 spiro atoms. The van der Waals surface area contributed by atoms with Gasteiger partial charge in [0.25, 0.3) is 0 Å². The quantitative estimate of drug-likeness (QED) is 0.520. The van der Waals surface area contributed by atoms with Gasteiger partial charge in [-0.3, -0.25) is 0 Å². The van der Waals surface area contributed by atoms with Crippen molar-refractivity contribution in [2.75, 3.05) is 18.0 Å². The molecule has 1 aliphatic heterocycles. The lowest BCUT2D eigenvalue weighted by molar-refractivity contribution is -0.134. The molecule has 120 valence electrons. The van der Waals surface area contributed by atoms with Crippen molar-refractivity contribution in [1.82, 2.24) is 9.97 Å². The van der Waals surface area contributed by atoms with Gasteiger partial charge < -0.3 is 9.74 Å². The van der Waals surface area contributed by atoms with E-state index in [1.54, 1.807) is 0 Å². The summed E-state index contributed by atoms with van der Waals surface area (Å²) in [6, 6.07) is -0.00321. The van der Waals surface area contributed by atoms with Crippen molar-refractivity contribution in [3.63, 3.8) is 0 Å². The van der Waals surface area contributed by atoms with Gasteiger partial charge in [0.1, 0.15) is 3.70 Å². The summed E-state index contributed by atoms with van der Waals surface area (Å²) in [6.07, 6.45) is -3.97. The summed E-state index contributed by atoms with van der Waals surface area (Å²) < 4.78 is 37.5. The number of aromatic nitrogens is 2. The second-order valence-electron chi connectivity index (χ2n) is 5.04. The van der Waals surface area contributed by atoms with Crippen LogP contribution in [-0.4, -0.2) is 35.3 Å². The molecule has 0 bridgehead atoms. The van der Waals surface area contributed by atoms with Gasteiger partial charge >= 0.3 is 6.18 Å². The number of halogens is 5. The van der Waals surface area contributed by atoms with Gasteiger partial charge in [0.05, 0.1) is 5.69 Å². The van der Waals surface area contributed by atoms with Crippen molar-refractivity contribution in [3.8, 4) is 0 Å². The minimum absolute atomic E-state index is 0.00321. The fourth-order valence-electron chi connectivity index (χ4n) is 2.25. The molecule has 0 saturated carbocycles. The van der Waals surface area contributed by atoms with E-state index in [2.05, 4.69) is 14.8 Å². The molecular weight excluding hydrogens is 432 g/mol. The molecule has 1 aromatic rings. The summed E-state index contributed by atoms with van der Waals surface area (Å²) in [5, 5.41) is 0.196. The molecular formula is C13H13ClF3IN4. The van der Waals surface area contributed by atoms with Gasteiger partial charge in [-0.05, 0) is 22.6 Å². The predicted octanol–water partition coefficient (Wildman–Crippen LogP) is 4.12. The molecule has 4 nitrogen and oxygen atoms in total. The van der Waals surface area contributed by atoms with Gasteiger partial charge in [-0.25, -0.2) is 16.5 Å². The van der Waals surface area contributed by atoms with E-state index in [9.17, 15) is 13.2 Å². The average Bonchev–Trinajstić information content (AvgIpc) is 2.45. The monoisotopic (exact) mass is 444 g/mol. The van der Waals surface area contributed by atoms with Crippen LogP contribution in [0.2, 0.25) is 5.15 Å². The van der Waals surface area contributed by atoms with Crippen LogP contribution in [-0.2, 0) is 6.42 Å². The maximum absolute atomic E-state index is 12.4. The van der Waals surface area contributed by atoms with Crippen molar-refractivity contribution in [2.24, 2.45) is 0 Å². The van der Waals surface area contributed by atoms with Crippen molar-refractivity contribution in [3.05, 3.63) is 26.0 Å². The predicted molar refractivity (Wildman–Crippen MR) is 86.0 cm³/mol. The fraction of sp³-hybridized carbons (Fsp3) is 0.615. The molecule has 0 N–H and O–H groups in total. The highest BCUT2D eigenvalue weighted by Gasteiger charge is 2.29. The SMILES string of the molecule is [C-]#[N+]C1CCN(c2nc(CCC(F)(F)F)c(I)nc2Cl)CC1. The van der Waals surface area contributed by atoms with Crippen LogP contribution in [0.4, 0.5) is 19.0 Å². The third kappa shape index (κ3) is 4.59. The van der Waals surface area contributed by atoms with Crippen LogP contribution < -0.4 is 4.90 Å². The van der Waals surface area contributed by atoms with Gasteiger partial charge in [-0.1, -0.05) is 11.6 Å². The lowest BCUT2D eigenvalue weighted by Gasteiger charge is -2.29. The summed E-state index contributed by atoms with van der Waals surface area (Å²) in [7, 11) is 0. The molecule has 0 aromatic carbocycles. The Bertz CT molecular complexity index is 580. The summed E-state index contributed by atoms with van der Waals surface area (Å²) >= 11 is 7.94. The Morgan fingerprint density at radius 2 is 1.95 bits per heavy atom.